The van der Waals surface area contributed by atoms with Crippen molar-refractivity contribution in [1.29, 1.82) is 0 Å². The molecule has 0 radical (unpaired) electrons. The lowest BCUT2D eigenvalue weighted by molar-refractivity contribution is 0.243. The first-order valence-corrected chi connectivity index (χ1v) is 4.83. The van der Waals surface area contributed by atoms with E-state index in [4.69, 9.17) is 5.73 Å². The summed E-state index contributed by atoms with van der Waals surface area (Å²) in [5.74, 6) is 0.608. The van der Waals surface area contributed by atoms with Crippen LogP contribution in [0.5, 0.6) is 0 Å². The smallest absolute Gasteiger partial charge is 0.0163 e. The maximum absolute atomic E-state index is 5.81. The maximum atomic E-state index is 5.81. The third-order valence-electron chi connectivity index (χ3n) is 2.59. The molecular weight excluding hydrogens is 148 g/mol. The molecule has 1 aliphatic rings. The Morgan fingerprint density at radius 2 is 2.17 bits per heavy atom. The van der Waals surface area contributed by atoms with E-state index < -0.39 is 0 Å². The fourth-order valence-electron chi connectivity index (χ4n) is 1.43. The van der Waals surface area contributed by atoms with E-state index in [1.807, 2.05) is 0 Å². The van der Waals surface area contributed by atoms with Crippen molar-refractivity contribution in [2.75, 3.05) is 19.6 Å². The van der Waals surface area contributed by atoms with Crippen LogP contribution in [-0.2, 0) is 0 Å². The van der Waals surface area contributed by atoms with Crippen LogP contribution >= 0.6 is 0 Å². The molecule has 0 saturated heterocycles. The van der Waals surface area contributed by atoms with Crippen molar-refractivity contribution >= 4 is 0 Å². The fourth-order valence-corrected chi connectivity index (χ4v) is 1.43. The van der Waals surface area contributed by atoms with Gasteiger partial charge in [0.15, 0.2) is 0 Å². The molecule has 2 unspecified atom stereocenters. The molecule has 1 rings (SSSR count). The monoisotopic (exact) mass is 168 g/mol. The highest BCUT2D eigenvalue weighted by Gasteiger charge is 2.13. The van der Waals surface area contributed by atoms with Crippen molar-refractivity contribution in [1.82, 2.24) is 4.90 Å². The minimum atomic E-state index is 0.316. The summed E-state index contributed by atoms with van der Waals surface area (Å²) in [7, 11) is 0. The number of rotatable bonds is 3. The van der Waals surface area contributed by atoms with Gasteiger partial charge < -0.3 is 5.73 Å². The molecule has 0 aromatic carbocycles. The van der Waals surface area contributed by atoms with Crippen LogP contribution < -0.4 is 5.73 Å². The van der Waals surface area contributed by atoms with Gasteiger partial charge in [-0.05, 0) is 19.3 Å². The van der Waals surface area contributed by atoms with Gasteiger partial charge in [0.1, 0.15) is 0 Å². The van der Waals surface area contributed by atoms with E-state index in [-0.39, 0.29) is 0 Å². The Morgan fingerprint density at radius 3 is 2.67 bits per heavy atom. The topological polar surface area (TPSA) is 29.3 Å². The van der Waals surface area contributed by atoms with E-state index in [2.05, 4.69) is 30.9 Å². The van der Waals surface area contributed by atoms with E-state index >= 15 is 0 Å². The van der Waals surface area contributed by atoms with Crippen LogP contribution in [0.3, 0.4) is 0 Å². The van der Waals surface area contributed by atoms with E-state index in [9.17, 15) is 0 Å². The third-order valence-corrected chi connectivity index (χ3v) is 2.59. The average Bonchev–Trinajstić information content (AvgIpc) is 2.06. The Kier molecular flexibility index (Phi) is 3.76. The first-order valence-electron chi connectivity index (χ1n) is 4.83. The van der Waals surface area contributed by atoms with Gasteiger partial charge in [0.25, 0.3) is 0 Å². The second kappa shape index (κ2) is 4.63. The molecule has 2 atom stereocenters. The van der Waals surface area contributed by atoms with Crippen LogP contribution in [0.2, 0.25) is 0 Å². The van der Waals surface area contributed by atoms with E-state index in [0.29, 0.717) is 12.0 Å². The van der Waals surface area contributed by atoms with Gasteiger partial charge in [0, 0.05) is 25.7 Å². The molecule has 1 heterocycles. The third kappa shape index (κ3) is 2.95. The Hall–Kier alpha value is -0.340. The summed E-state index contributed by atoms with van der Waals surface area (Å²) in [5, 5.41) is 0. The van der Waals surface area contributed by atoms with Crippen LogP contribution in [0, 0.1) is 5.92 Å². The van der Waals surface area contributed by atoms with Gasteiger partial charge >= 0.3 is 0 Å². The van der Waals surface area contributed by atoms with Crippen molar-refractivity contribution in [3.8, 4) is 0 Å². The van der Waals surface area contributed by atoms with Gasteiger partial charge in [-0.15, -0.1) is 0 Å². The van der Waals surface area contributed by atoms with Crippen LogP contribution in [0.25, 0.3) is 0 Å². The number of nitrogens with zero attached hydrogens (tertiary/aromatic N) is 1. The number of hydrogen-bond donors (Lipinski definition) is 1. The standard InChI is InChI=1S/C10H20N2/c1-9(10(2)11)8-12-6-4-3-5-7-12/h3-4,9-10H,5-8,11H2,1-2H3. The van der Waals surface area contributed by atoms with Crippen molar-refractivity contribution < 1.29 is 0 Å². The molecule has 0 saturated carbocycles. The van der Waals surface area contributed by atoms with Gasteiger partial charge in [-0.1, -0.05) is 19.1 Å². The zero-order valence-corrected chi connectivity index (χ0v) is 8.16. The molecule has 1 aliphatic heterocycles. The van der Waals surface area contributed by atoms with Crippen molar-refractivity contribution in [2.24, 2.45) is 11.7 Å². The van der Waals surface area contributed by atoms with Gasteiger partial charge in [-0.3, -0.25) is 4.90 Å². The average molecular weight is 168 g/mol. The van der Waals surface area contributed by atoms with E-state index in [0.717, 1.165) is 13.1 Å². The Bertz CT molecular complexity index is 152. The summed E-state index contributed by atoms with van der Waals surface area (Å²) >= 11 is 0. The normalized spacial score (nSPS) is 23.9. The molecule has 0 aliphatic carbocycles. The summed E-state index contributed by atoms with van der Waals surface area (Å²) in [6.45, 7) is 7.76. The van der Waals surface area contributed by atoms with Crippen LogP contribution in [0.15, 0.2) is 12.2 Å². The van der Waals surface area contributed by atoms with Gasteiger partial charge in [-0.2, -0.15) is 0 Å². The Balaban J connectivity index is 2.25. The minimum Gasteiger partial charge on any atom is -0.328 e. The quantitative estimate of drug-likeness (QED) is 0.642. The first-order chi connectivity index (χ1) is 5.70. The molecule has 0 amide bonds. The highest BCUT2D eigenvalue weighted by Crippen LogP contribution is 2.07. The van der Waals surface area contributed by atoms with Gasteiger partial charge in [-0.25, -0.2) is 0 Å². The molecule has 0 aromatic rings. The molecule has 0 bridgehead atoms. The van der Waals surface area contributed by atoms with Crippen molar-refractivity contribution in [3.63, 3.8) is 0 Å². The molecule has 2 heteroatoms. The van der Waals surface area contributed by atoms with Crippen LogP contribution in [-0.4, -0.2) is 30.6 Å². The summed E-state index contributed by atoms with van der Waals surface area (Å²) in [5.41, 5.74) is 5.81. The van der Waals surface area contributed by atoms with Crippen LogP contribution in [0.4, 0.5) is 0 Å². The minimum absolute atomic E-state index is 0.316. The number of nitrogens with two attached hydrogens (primary N) is 1. The summed E-state index contributed by atoms with van der Waals surface area (Å²) < 4.78 is 0. The lowest BCUT2D eigenvalue weighted by Crippen LogP contribution is -2.37. The van der Waals surface area contributed by atoms with Gasteiger partial charge in [0.05, 0.1) is 0 Å². The molecule has 2 N–H and O–H groups in total. The summed E-state index contributed by atoms with van der Waals surface area (Å²) in [4.78, 5) is 2.47. The van der Waals surface area contributed by atoms with E-state index in [1.54, 1.807) is 0 Å². The highest BCUT2D eigenvalue weighted by atomic mass is 15.1. The highest BCUT2D eigenvalue weighted by molar-refractivity contribution is 4.91. The zero-order chi connectivity index (χ0) is 8.97. The van der Waals surface area contributed by atoms with Crippen LogP contribution in [0.1, 0.15) is 20.3 Å². The molecule has 12 heavy (non-hydrogen) atoms. The second-order valence-electron chi connectivity index (χ2n) is 3.86. The largest absolute Gasteiger partial charge is 0.328 e. The lowest BCUT2D eigenvalue weighted by atomic mass is 10.0. The zero-order valence-electron chi connectivity index (χ0n) is 8.16. The molecule has 0 fully saturated rings. The van der Waals surface area contributed by atoms with Gasteiger partial charge in [0.2, 0.25) is 0 Å². The van der Waals surface area contributed by atoms with Crippen molar-refractivity contribution in [3.05, 3.63) is 12.2 Å². The Morgan fingerprint density at radius 1 is 1.42 bits per heavy atom. The van der Waals surface area contributed by atoms with E-state index in [1.165, 1.54) is 13.0 Å². The molecular formula is C10H20N2. The predicted octanol–water partition coefficient (Wildman–Crippen LogP) is 1.23. The van der Waals surface area contributed by atoms with Crippen molar-refractivity contribution in [2.45, 2.75) is 26.3 Å². The lowest BCUT2D eigenvalue weighted by Gasteiger charge is -2.27. The number of hydrogen-bond acceptors (Lipinski definition) is 2. The predicted molar refractivity (Wildman–Crippen MR) is 53.0 cm³/mol. The molecule has 70 valence electrons. The second-order valence-corrected chi connectivity index (χ2v) is 3.86. The molecule has 0 aromatic heterocycles. The SMILES string of the molecule is CC(N)C(C)CN1CC=CCC1. The summed E-state index contributed by atoms with van der Waals surface area (Å²) in [6, 6.07) is 0.316. The first kappa shape index (κ1) is 9.75. The summed E-state index contributed by atoms with van der Waals surface area (Å²) in [6.07, 6.45) is 5.70. The Labute approximate surface area is 75.4 Å². The fraction of sp³-hybridized carbons (Fsp3) is 0.800. The molecule has 2 nitrogen and oxygen atoms in total. The molecule has 0 spiro atoms. The maximum Gasteiger partial charge on any atom is 0.0163 e.